The molecule has 0 bridgehead atoms. The Labute approximate surface area is 230 Å². The van der Waals surface area contributed by atoms with E-state index in [1.807, 2.05) is 12.1 Å². The van der Waals surface area contributed by atoms with Crippen LogP contribution in [0.5, 0.6) is 0 Å². The molecule has 2 N–H and O–H groups in total. The fourth-order valence-electron chi connectivity index (χ4n) is 2.88. The average molecular weight is 603 g/mol. The van der Waals surface area contributed by atoms with Crippen LogP contribution in [0.2, 0.25) is 0 Å². The predicted octanol–water partition coefficient (Wildman–Crippen LogP) is 5.44. The van der Waals surface area contributed by atoms with Gasteiger partial charge >= 0.3 is 37.2 Å². The van der Waals surface area contributed by atoms with E-state index < -0.39 is 23.8 Å². The molecule has 0 fully saturated rings. The van der Waals surface area contributed by atoms with Gasteiger partial charge in [-0.25, -0.2) is 13.6 Å². The summed E-state index contributed by atoms with van der Waals surface area (Å²) in [4.78, 5) is 4.43. The zero-order valence-corrected chi connectivity index (χ0v) is 21.0. The van der Waals surface area contributed by atoms with Gasteiger partial charge in [0.2, 0.25) is 10.0 Å². The van der Waals surface area contributed by atoms with Gasteiger partial charge in [-0.1, -0.05) is 46.3 Å². The number of hydrogen-bond acceptors (Lipinski definition) is 7. The predicted molar refractivity (Wildman–Crippen MR) is 133 cm³/mol. The van der Waals surface area contributed by atoms with Crippen molar-refractivity contribution in [1.82, 2.24) is 4.98 Å². The summed E-state index contributed by atoms with van der Waals surface area (Å²) in [6.45, 7) is 0. The van der Waals surface area contributed by atoms with Gasteiger partial charge in [0.15, 0.2) is 0 Å². The van der Waals surface area contributed by atoms with E-state index in [4.69, 9.17) is 5.14 Å². The molecular formula is C20H19BrF2N2NaO5PS2. The fraction of sp³-hybridized carbons (Fsp3) is 0.150. The van der Waals surface area contributed by atoms with Crippen molar-refractivity contribution in [1.29, 1.82) is 0 Å². The summed E-state index contributed by atoms with van der Waals surface area (Å²) in [7, 11) is -8.25. The third kappa shape index (κ3) is 8.19. The monoisotopic (exact) mass is 602 g/mol. The van der Waals surface area contributed by atoms with Crippen molar-refractivity contribution in [2.75, 3.05) is 0 Å². The second kappa shape index (κ2) is 13.0. The van der Waals surface area contributed by atoms with Crippen LogP contribution in [0, 0.1) is 0 Å². The quantitative estimate of drug-likeness (QED) is 0.243. The minimum absolute atomic E-state index is 0. The van der Waals surface area contributed by atoms with E-state index in [2.05, 4.69) is 30.4 Å². The number of pyridine rings is 1. The van der Waals surface area contributed by atoms with Gasteiger partial charge in [0.25, 0.3) is 0 Å². The number of nitrogens with zero attached hydrogens (tertiary/aromatic N) is 1. The summed E-state index contributed by atoms with van der Waals surface area (Å²) in [6, 6.07) is 15.1. The van der Waals surface area contributed by atoms with E-state index in [1.54, 1.807) is 48.3 Å². The van der Waals surface area contributed by atoms with Gasteiger partial charge in [-0.3, -0.25) is 9.55 Å². The Bertz CT molecular complexity index is 1280. The molecule has 3 aromatic rings. The summed E-state index contributed by atoms with van der Waals surface area (Å²) in [5.41, 5.74) is 3.57. The second-order valence-electron chi connectivity index (χ2n) is 6.95. The molecule has 0 saturated heterocycles. The molecule has 0 aliphatic heterocycles. The molecule has 1 heterocycles. The molecule has 3 rings (SSSR count). The van der Waals surface area contributed by atoms with E-state index in [-0.39, 0.29) is 34.5 Å². The SMILES string of the molecule is NS(=O)(=O)c1cccc(-c2ccc(CSCc3ccc(CP(=O)(OF)OF)c(Br)c3)cn2)c1.[NaH]. The van der Waals surface area contributed by atoms with Crippen LogP contribution in [-0.4, -0.2) is 43.0 Å². The van der Waals surface area contributed by atoms with E-state index in [9.17, 15) is 22.0 Å². The Morgan fingerprint density at radius 2 is 1.71 bits per heavy atom. The molecule has 0 aliphatic carbocycles. The number of primary sulfonamides is 1. The van der Waals surface area contributed by atoms with Crippen molar-refractivity contribution in [2.24, 2.45) is 5.14 Å². The molecule has 0 aliphatic rings. The van der Waals surface area contributed by atoms with Gasteiger partial charge in [0.1, 0.15) is 0 Å². The number of nitrogens with two attached hydrogens (primary N) is 1. The fourth-order valence-corrected chi connectivity index (χ4v) is 5.95. The summed E-state index contributed by atoms with van der Waals surface area (Å²) in [5, 5.41) is 5.18. The summed E-state index contributed by atoms with van der Waals surface area (Å²) in [6.07, 6.45) is 1.17. The molecule has 0 spiro atoms. The number of hydrogen-bond donors (Lipinski definition) is 1. The van der Waals surface area contributed by atoms with Gasteiger partial charge in [0, 0.05) is 27.7 Å². The molecule has 0 unspecified atom stereocenters. The van der Waals surface area contributed by atoms with Crippen LogP contribution in [-0.2, 0) is 41.7 Å². The normalized spacial score (nSPS) is 11.8. The van der Waals surface area contributed by atoms with Crippen molar-refractivity contribution in [3.05, 3.63) is 82.0 Å². The Kier molecular flexibility index (Phi) is 11.3. The minimum atomic E-state index is -4.46. The van der Waals surface area contributed by atoms with E-state index in [0.29, 0.717) is 32.8 Å². The van der Waals surface area contributed by atoms with E-state index >= 15 is 0 Å². The summed E-state index contributed by atoms with van der Waals surface area (Å²) in [5.74, 6) is 1.32. The van der Waals surface area contributed by atoms with E-state index in [1.165, 1.54) is 12.1 Å². The third-order valence-corrected chi connectivity index (χ3v) is 8.38. The molecule has 178 valence electrons. The number of rotatable bonds is 10. The molecule has 2 aromatic carbocycles. The zero-order valence-electron chi connectivity index (χ0n) is 16.9. The molecule has 0 saturated carbocycles. The number of aromatic nitrogens is 1. The zero-order chi connectivity index (χ0) is 24.1. The first-order chi connectivity index (χ1) is 15.6. The molecule has 0 amide bonds. The molecule has 0 atom stereocenters. The van der Waals surface area contributed by atoms with Gasteiger partial charge in [0.05, 0.1) is 16.8 Å². The first-order valence-corrected chi connectivity index (χ1v) is 14.5. The van der Waals surface area contributed by atoms with E-state index in [0.717, 1.165) is 11.1 Å². The van der Waals surface area contributed by atoms with Crippen LogP contribution in [0.15, 0.2) is 70.2 Å². The Morgan fingerprint density at radius 1 is 1.03 bits per heavy atom. The van der Waals surface area contributed by atoms with Crippen LogP contribution >= 0.6 is 35.3 Å². The first kappa shape index (κ1) is 29.6. The van der Waals surface area contributed by atoms with Gasteiger partial charge < -0.3 is 0 Å². The van der Waals surface area contributed by atoms with Crippen LogP contribution in [0.1, 0.15) is 16.7 Å². The molecule has 7 nitrogen and oxygen atoms in total. The van der Waals surface area contributed by atoms with Crippen LogP contribution in [0.25, 0.3) is 11.3 Å². The van der Waals surface area contributed by atoms with Crippen molar-refractivity contribution in [2.45, 2.75) is 22.6 Å². The number of sulfonamides is 1. The number of thioether (sulfide) groups is 1. The first-order valence-electron chi connectivity index (χ1n) is 9.26. The van der Waals surface area contributed by atoms with Gasteiger partial charge in [-0.15, -0.1) is 9.46 Å². The van der Waals surface area contributed by atoms with Crippen molar-refractivity contribution >= 4 is 74.9 Å². The molecule has 0 radical (unpaired) electrons. The Balaban J connectivity index is 0.00000408. The topological polar surface area (TPSA) is 109 Å². The van der Waals surface area contributed by atoms with Crippen LogP contribution < -0.4 is 5.14 Å². The Morgan fingerprint density at radius 3 is 2.29 bits per heavy atom. The van der Waals surface area contributed by atoms with Crippen molar-refractivity contribution < 1.29 is 31.5 Å². The third-order valence-electron chi connectivity index (χ3n) is 4.51. The molecule has 34 heavy (non-hydrogen) atoms. The maximum atomic E-state index is 12.3. The van der Waals surface area contributed by atoms with Gasteiger partial charge in [-0.2, -0.15) is 11.8 Å². The molecule has 1 aromatic heterocycles. The van der Waals surface area contributed by atoms with Crippen LogP contribution in [0.4, 0.5) is 9.05 Å². The van der Waals surface area contributed by atoms with Crippen molar-refractivity contribution in [3.63, 3.8) is 0 Å². The summed E-state index contributed by atoms with van der Waals surface area (Å²) < 4.78 is 66.0. The average Bonchev–Trinajstić information content (AvgIpc) is 2.81. The second-order valence-corrected chi connectivity index (χ2v) is 12.2. The van der Waals surface area contributed by atoms with Gasteiger partial charge in [-0.05, 0) is 50.0 Å². The maximum absolute atomic E-state index is 12.3. The molecule has 14 heteroatoms. The Hall–Kier alpha value is -0.660. The standard InChI is InChI=1S/C20H18BrF2N2O5PS2.Na.H/c21-19-8-14(4-6-17(19)11-31(26,29-22)30-23)12-32-13-15-5-7-20(25-10-15)16-2-1-3-18(9-16)33(24,27)28;;/h1-10H,11-13H2,(H2,24,27,28);;. The van der Waals surface area contributed by atoms with Crippen molar-refractivity contribution in [3.8, 4) is 11.3 Å². The summed E-state index contributed by atoms with van der Waals surface area (Å²) >= 11 is 4.92. The number of benzene rings is 2. The molecular weight excluding hydrogens is 584 g/mol. The van der Waals surface area contributed by atoms with Crippen LogP contribution in [0.3, 0.4) is 0 Å². The number of halogens is 3.